The zero-order valence-corrected chi connectivity index (χ0v) is 7.58. The van der Waals surface area contributed by atoms with Gasteiger partial charge in [-0.1, -0.05) is 13.8 Å². The second-order valence-electron chi connectivity index (χ2n) is 3.35. The first-order chi connectivity index (χ1) is 5.74. The van der Waals surface area contributed by atoms with Gasteiger partial charge in [0.25, 0.3) is 0 Å². The van der Waals surface area contributed by atoms with Crippen molar-refractivity contribution >= 4 is 0 Å². The molecule has 1 aromatic rings. The molecule has 0 spiro atoms. The van der Waals surface area contributed by atoms with E-state index < -0.39 is 0 Å². The number of hydrogen-bond acceptors (Lipinski definition) is 3. The highest BCUT2D eigenvalue weighted by molar-refractivity contribution is 5.07. The Kier molecular flexibility index (Phi) is 3.31. The Balaban J connectivity index is 2.48. The minimum atomic E-state index is 0.322. The summed E-state index contributed by atoms with van der Waals surface area (Å²) in [5.74, 6) is 5.94. The van der Waals surface area contributed by atoms with Crippen molar-refractivity contribution in [3.8, 4) is 0 Å². The highest BCUT2D eigenvalue weighted by Gasteiger charge is 2.11. The van der Waals surface area contributed by atoms with Crippen molar-refractivity contribution < 1.29 is 4.42 Å². The van der Waals surface area contributed by atoms with Gasteiger partial charge in [-0.05, 0) is 24.0 Å². The lowest BCUT2D eigenvalue weighted by atomic mass is 9.99. The Morgan fingerprint density at radius 1 is 1.58 bits per heavy atom. The molecule has 0 amide bonds. The van der Waals surface area contributed by atoms with E-state index in [4.69, 9.17) is 10.3 Å². The predicted molar refractivity (Wildman–Crippen MR) is 48.4 cm³/mol. The molecule has 1 atom stereocenters. The lowest BCUT2D eigenvalue weighted by Gasteiger charge is -2.18. The second-order valence-corrected chi connectivity index (χ2v) is 3.35. The van der Waals surface area contributed by atoms with Gasteiger partial charge in [0.15, 0.2) is 0 Å². The zero-order chi connectivity index (χ0) is 8.97. The fourth-order valence-corrected chi connectivity index (χ4v) is 1.15. The first-order valence-corrected chi connectivity index (χ1v) is 4.21. The third-order valence-corrected chi connectivity index (χ3v) is 2.05. The molecule has 1 rings (SSSR count). The summed E-state index contributed by atoms with van der Waals surface area (Å²) in [6.45, 7) is 4.29. The number of nitrogens with two attached hydrogens (primary N) is 1. The normalized spacial score (nSPS) is 13.7. The van der Waals surface area contributed by atoms with Gasteiger partial charge in [-0.15, -0.1) is 0 Å². The molecule has 0 aliphatic carbocycles. The van der Waals surface area contributed by atoms with Gasteiger partial charge in [0.05, 0.1) is 12.5 Å². The lowest BCUT2D eigenvalue weighted by molar-refractivity contribution is 0.403. The summed E-state index contributed by atoms with van der Waals surface area (Å²) in [4.78, 5) is 0. The molecule has 3 nitrogen and oxygen atoms in total. The van der Waals surface area contributed by atoms with Gasteiger partial charge in [0.2, 0.25) is 0 Å². The Bertz CT molecular complexity index is 206. The topological polar surface area (TPSA) is 51.2 Å². The van der Waals surface area contributed by atoms with Crippen LogP contribution in [0.15, 0.2) is 23.0 Å². The quantitative estimate of drug-likeness (QED) is 0.526. The molecular weight excluding hydrogens is 152 g/mol. The Morgan fingerprint density at radius 2 is 2.33 bits per heavy atom. The van der Waals surface area contributed by atoms with E-state index in [0.29, 0.717) is 12.0 Å². The summed E-state index contributed by atoms with van der Waals surface area (Å²) in [6.07, 6.45) is 4.36. The van der Waals surface area contributed by atoms with Gasteiger partial charge in [-0.3, -0.25) is 11.3 Å². The average molecular weight is 168 g/mol. The largest absolute Gasteiger partial charge is 0.472 e. The molecular formula is C9H16N2O. The molecule has 0 bridgehead atoms. The third-order valence-electron chi connectivity index (χ3n) is 2.05. The van der Waals surface area contributed by atoms with Crippen molar-refractivity contribution in [2.24, 2.45) is 11.8 Å². The van der Waals surface area contributed by atoms with Crippen LogP contribution in [0.25, 0.3) is 0 Å². The van der Waals surface area contributed by atoms with Crippen molar-refractivity contribution in [2.75, 3.05) is 0 Å². The van der Waals surface area contributed by atoms with E-state index in [-0.39, 0.29) is 0 Å². The van der Waals surface area contributed by atoms with Gasteiger partial charge in [-0.25, -0.2) is 0 Å². The van der Waals surface area contributed by atoms with Crippen LogP contribution in [0.1, 0.15) is 19.4 Å². The van der Waals surface area contributed by atoms with Crippen LogP contribution in [0.3, 0.4) is 0 Å². The van der Waals surface area contributed by atoms with Crippen LogP contribution in [0, 0.1) is 5.92 Å². The van der Waals surface area contributed by atoms with Crippen molar-refractivity contribution in [1.82, 2.24) is 5.43 Å². The second kappa shape index (κ2) is 4.28. The molecule has 0 radical (unpaired) electrons. The number of hydrazine groups is 1. The standard InChI is InChI=1S/C9H16N2O/c1-7(2)9(11-10)5-8-3-4-12-6-8/h3-4,6-7,9,11H,5,10H2,1-2H3. The molecule has 1 unspecified atom stereocenters. The van der Waals surface area contributed by atoms with E-state index >= 15 is 0 Å². The third kappa shape index (κ3) is 2.36. The van der Waals surface area contributed by atoms with Gasteiger partial charge in [-0.2, -0.15) is 0 Å². The van der Waals surface area contributed by atoms with Crippen LogP contribution in [0.4, 0.5) is 0 Å². The number of rotatable bonds is 4. The summed E-state index contributed by atoms with van der Waals surface area (Å²) >= 11 is 0. The first kappa shape index (κ1) is 9.29. The minimum Gasteiger partial charge on any atom is -0.472 e. The molecule has 0 aromatic carbocycles. The van der Waals surface area contributed by atoms with Crippen molar-refractivity contribution in [1.29, 1.82) is 0 Å². The predicted octanol–water partition coefficient (Wildman–Crippen LogP) is 1.31. The molecule has 0 fully saturated rings. The fraction of sp³-hybridized carbons (Fsp3) is 0.556. The highest BCUT2D eigenvalue weighted by atomic mass is 16.3. The van der Waals surface area contributed by atoms with Crippen LogP contribution in [-0.4, -0.2) is 6.04 Å². The number of hydrogen-bond donors (Lipinski definition) is 2. The molecule has 3 heteroatoms. The maximum absolute atomic E-state index is 5.41. The van der Waals surface area contributed by atoms with Crippen LogP contribution in [-0.2, 0) is 6.42 Å². The lowest BCUT2D eigenvalue weighted by Crippen LogP contribution is -2.40. The molecule has 1 aromatic heterocycles. The smallest absolute Gasteiger partial charge is 0.0935 e. The Labute approximate surface area is 72.9 Å². The van der Waals surface area contributed by atoms with Gasteiger partial charge < -0.3 is 4.42 Å². The monoisotopic (exact) mass is 168 g/mol. The molecule has 1 heterocycles. The molecule has 0 saturated heterocycles. The molecule has 0 aliphatic heterocycles. The van der Waals surface area contributed by atoms with E-state index in [9.17, 15) is 0 Å². The summed E-state index contributed by atoms with van der Waals surface area (Å²) in [5, 5.41) is 0. The summed E-state index contributed by atoms with van der Waals surface area (Å²) in [7, 11) is 0. The van der Waals surface area contributed by atoms with Crippen molar-refractivity contribution in [2.45, 2.75) is 26.3 Å². The SMILES string of the molecule is CC(C)C(Cc1ccoc1)NN. The van der Waals surface area contributed by atoms with Crippen molar-refractivity contribution in [3.05, 3.63) is 24.2 Å². The van der Waals surface area contributed by atoms with E-state index in [1.165, 1.54) is 5.56 Å². The van der Waals surface area contributed by atoms with Crippen molar-refractivity contribution in [3.63, 3.8) is 0 Å². The fourth-order valence-electron chi connectivity index (χ4n) is 1.15. The van der Waals surface area contributed by atoms with E-state index in [0.717, 1.165) is 6.42 Å². The average Bonchev–Trinajstić information content (AvgIpc) is 2.51. The highest BCUT2D eigenvalue weighted by Crippen LogP contribution is 2.09. The van der Waals surface area contributed by atoms with Gasteiger partial charge in [0.1, 0.15) is 0 Å². The van der Waals surface area contributed by atoms with Crippen LogP contribution < -0.4 is 11.3 Å². The van der Waals surface area contributed by atoms with Gasteiger partial charge >= 0.3 is 0 Å². The maximum Gasteiger partial charge on any atom is 0.0935 e. The number of furan rings is 1. The molecule has 0 aliphatic rings. The summed E-state index contributed by atoms with van der Waals surface area (Å²) in [6, 6.07) is 2.29. The van der Waals surface area contributed by atoms with E-state index in [1.807, 2.05) is 6.07 Å². The van der Waals surface area contributed by atoms with Crippen LogP contribution >= 0.6 is 0 Å². The van der Waals surface area contributed by atoms with Crippen LogP contribution in [0.5, 0.6) is 0 Å². The first-order valence-electron chi connectivity index (χ1n) is 4.21. The molecule has 0 saturated carbocycles. The molecule has 12 heavy (non-hydrogen) atoms. The van der Waals surface area contributed by atoms with E-state index in [1.54, 1.807) is 12.5 Å². The Morgan fingerprint density at radius 3 is 2.75 bits per heavy atom. The van der Waals surface area contributed by atoms with Gasteiger partial charge in [0, 0.05) is 6.04 Å². The Hall–Kier alpha value is -0.800. The summed E-state index contributed by atoms with van der Waals surface area (Å²) in [5.41, 5.74) is 3.98. The minimum absolute atomic E-state index is 0.322. The molecule has 3 N–H and O–H groups in total. The number of nitrogens with one attached hydrogen (secondary N) is 1. The van der Waals surface area contributed by atoms with E-state index in [2.05, 4.69) is 19.3 Å². The molecule has 68 valence electrons. The zero-order valence-electron chi connectivity index (χ0n) is 7.58. The summed E-state index contributed by atoms with van der Waals surface area (Å²) < 4.78 is 4.97. The van der Waals surface area contributed by atoms with Crippen LogP contribution in [0.2, 0.25) is 0 Å². The maximum atomic E-state index is 5.41.